The number of benzene rings is 1. The van der Waals surface area contributed by atoms with Gasteiger partial charge in [0.15, 0.2) is 0 Å². The molecule has 1 fully saturated rings. The monoisotopic (exact) mass is 268 g/mol. The van der Waals surface area contributed by atoms with Crippen LogP contribution in [0.5, 0.6) is 5.75 Å². The van der Waals surface area contributed by atoms with Gasteiger partial charge in [-0.3, -0.25) is 0 Å². The first-order valence-corrected chi connectivity index (χ1v) is 6.90. The Kier molecular flexibility index (Phi) is 4.87. The van der Waals surface area contributed by atoms with E-state index >= 15 is 0 Å². The summed E-state index contributed by atoms with van der Waals surface area (Å²) < 4.78 is 0. The highest BCUT2D eigenvalue weighted by molar-refractivity contribution is 6.31. The van der Waals surface area contributed by atoms with Crippen LogP contribution in [0, 0.1) is 5.92 Å². The van der Waals surface area contributed by atoms with Gasteiger partial charge in [-0.1, -0.05) is 17.7 Å². The van der Waals surface area contributed by atoms with Gasteiger partial charge in [0, 0.05) is 23.7 Å². The summed E-state index contributed by atoms with van der Waals surface area (Å²) in [5, 5.41) is 13.8. The highest BCUT2D eigenvalue weighted by atomic mass is 35.5. The first kappa shape index (κ1) is 13.7. The van der Waals surface area contributed by atoms with Crippen molar-refractivity contribution in [2.45, 2.75) is 19.4 Å². The number of nitrogens with zero attached hydrogens (tertiary/aromatic N) is 1. The normalized spacial score (nSPS) is 17.3. The van der Waals surface area contributed by atoms with Crippen molar-refractivity contribution in [1.29, 1.82) is 0 Å². The minimum atomic E-state index is 0.291. The molecule has 2 rings (SSSR count). The van der Waals surface area contributed by atoms with Crippen molar-refractivity contribution in [2.75, 3.05) is 26.7 Å². The maximum absolute atomic E-state index is 9.82. The number of piperidine rings is 1. The second-order valence-corrected chi connectivity index (χ2v) is 5.53. The van der Waals surface area contributed by atoms with Crippen molar-refractivity contribution in [3.63, 3.8) is 0 Å². The van der Waals surface area contributed by atoms with E-state index in [0.717, 1.165) is 31.1 Å². The van der Waals surface area contributed by atoms with Gasteiger partial charge in [0.2, 0.25) is 0 Å². The second-order valence-electron chi connectivity index (χ2n) is 5.13. The molecule has 0 radical (unpaired) electrons. The number of phenols is 1. The minimum absolute atomic E-state index is 0.291. The molecule has 1 heterocycles. The van der Waals surface area contributed by atoms with Crippen LogP contribution in [0.25, 0.3) is 0 Å². The summed E-state index contributed by atoms with van der Waals surface area (Å²) in [5.74, 6) is 1.04. The van der Waals surface area contributed by atoms with Crippen molar-refractivity contribution in [3.8, 4) is 5.75 Å². The summed E-state index contributed by atoms with van der Waals surface area (Å²) >= 11 is 6.12. The number of rotatable bonds is 4. The molecule has 0 atom stereocenters. The summed E-state index contributed by atoms with van der Waals surface area (Å²) in [6.07, 6.45) is 2.47. The Balaban J connectivity index is 1.92. The molecular weight excluding hydrogens is 248 g/mol. The average Bonchev–Trinajstić information content (AvgIpc) is 2.35. The standard InChI is InChI=1S/C14H21ClN2O/c1-17(9-11-5-7-16-8-6-11)10-12-13(15)3-2-4-14(12)18/h2-4,11,16,18H,5-10H2,1H3. The third kappa shape index (κ3) is 3.61. The lowest BCUT2D eigenvalue weighted by atomic mass is 9.97. The van der Waals surface area contributed by atoms with Crippen LogP contribution < -0.4 is 5.32 Å². The summed E-state index contributed by atoms with van der Waals surface area (Å²) in [6.45, 7) is 4.01. The van der Waals surface area contributed by atoms with E-state index in [1.54, 1.807) is 12.1 Å². The van der Waals surface area contributed by atoms with Gasteiger partial charge in [-0.2, -0.15) is 0 Å². The first-order valence-electron chi connectivity index (χ1n) is 6.52. The van der Waals surface area contributed by atoms with Gasteiger partial charge in [0.05, 0.1) is 0 Å². The second kappa shape index (κ2) is 6.41. The Hall–Kier alpha value is -0.770. The molecule has 0 unspecified atom stereocenters. The number of hydrogen-bond donors (Lipinski definition) is 2. The third-order valence-electron chi connectivity index (χ3n) is 3.55. The number of halogens is 1. The molecular formula is C14H21ClN2O. The molecule has 2 N–H and O–H groups in total. The fourth-order valence-electron chi connectivity index (χ4n) is 2.54. The molecule has 0 aliphatic carbocycles. The van der Waals surface area contributed by atoms with E-state index in [4.69, 9.17) is 11.6 Å². The molecule has 0 bridgehead atoms. The van der Waals surface area contributed by atoms with Gasteiger partial charge in [-0.15, -0.1) is 0 Å². The number of nitrogens with one attached hydrogen (secondary N) is 1. The average molecular weight is 269 g/mol. The maximum Gasteiger partial charge on any atom is 0.121 e. The largest absolute Gasteiger partial charge is 0.508 e. The first-order chi connectivity index (χ1) is 8.66. The van der Waals surface area contributed by atoms with Crippen LogP contribution in [0.4, 0.5) is 0 Å². The molecule has 0 aromatic heterocycles. The van der Waals surface area contributed by atoms with Crippen molar-refractivity contribution in [3.05, 3.63) is 28.8 Å². The zero-order chi connectivity index (χ0) is 13.0. The number of aromatic hydroxyl groups is 1. The molecule has 18 heavy (non-hydrogen) atoms. The van der Waals surface area contributed by atoms with E-state index < -0.39 is 0 Å². The summed E-state index contributed by atoms with van der Waals surface area (Å²) in [5.41, 5.74) is 0.829. The highest BCUT2D eigenvalue weighted by Gasteiger charge is 2.16. The van der Waals surface area contributed by atoms with Crippen molar-refractivity contribution >= 4 is 11.6 Å². The SMILES string of the molecule is CN(Cc1c(O)cccc1Cl)CC1CCNCC1. The van der Waals surface area contributed by atoms with Gasteiger partial charge < -0.3 is 15.3 Å². The van der Waals surface area contributed by atoms with E-state index in [1.165, 1.54) is 12.8 Å². The lowest BCUT2D eigenvalue weighted by molar-refractivity contribution is 0.232. The van der Waals surface area contributed by atoms with Gasteiger partial charge in [-0.25, -0.2) is 0 Å². The molecule has 1 aromatic carbocycles. The van der Waals surface area contributed by atoms with Crippen LogP contribution >= 0.6 is 11.6 Å². The van der Waals surface area contributed by atoms with E-state index in [0.29, 0.717) is 17.3 Å². The van der Waals surface area contributed by atoms with Gasteiger partial charge in [0.1, 0.15) is 5.75 Å². The zero-order valence-corrected chi connectivity index (χ0v) is 11.6. The molecule has 100 valence electrons. The Morgan fingerprint density at radius 1 is 1.39 bits per heavy atom. The Labute approximate surface area is 114 Å². The zero-order valence-electron chi connectivity index (χ0n) is 10.8. The Morgan fingerprint density at radius 2 is 2.11 bits per heavy atom. The van der Waals surface area contributed by atoms with Crippen molar-refractivity contribution < 1.29 is 5.11 Å². The van der Waals surface area contributed by atoms with Crippen LogP contribution in [-0.4, -0.2) is 36.7 Å². The van der Waals surface area contributed by atoms with Crippen LogP contribution in [0.3, 0.4) is 0 Å². The van der Waals surface area contributed by atoms with Crippen LogP contribution in [-0.2, 0) is 6.54 Å². The molecule has 0 saturated carbocycles. The molecule has 3 nitrogen and oxygen atoms in total. The lowest BCUT2D eigenvalue weighted by Gasteiger charge is -2.27. The van der Waals surface area contributed by atoms with Gasteiger partial charge in [-0.05, 0) is 51.0 Å². The molecule has 1 aromatic rings. The van der Waals surface area contributed by atoms with E-state index in [2.05, 4.69) is 17.3 Å². The fraction of sp³-hybridized carbons (Fsp3) is 0.571. The van der Waals surface area contributed by atoms with E-state index in [9.17, 15) is 5.11 Å². The van der Waals surface area contributed by atoms with E-state index in [1.807, 2.05) is 6.07 Å². The summed E-state index contributed by atoms with van der Waals surface area (Å²) in [7, 11) is 2.09. The molecule has 1 saturated heterocycles. The predicted octanol–water partition coefficient (Wildman–Crippen LogP) is 2.48. The molecule has 0 spiro atoms. The smallest absolute Gasteiger partial charge is 0.121 e. The van der Waals surface area contributed by atoms with Crippen LogP contribution in [0.1, 0.15) is 18.4 Å². The Morgan fingerprint density at radius 3 is 2.78 bits per heavy atom. The maximum atomic E-state index is 9.82. The summed E-state index contributed by atoms with van der Waals surface area (Å²) in [4.78, 5) is 2.25. The molecule has 4 heteroatoms. The third-order valence-corrected chi connectivity index (χ3v) is 3.90. The molecule has 0 amide bonds. The van der Waals surface area contributed by atoms with Crippen LogP contribution in [0.15, 0.2) is 18.2 Å². The predicted molar refractivity (Wildman–Crippen MR) is 75.0 cm³/mol. The topological polar surface area (TPSA) is 35.5 Å². The van der Waals surface area contributed by atoms with E-state index in [-0.39, 0.29) is 0 Å². The quantitative estimate of drug-likeness (QED) is 0.881. The van der Waals surface area contributed by atoms with Gasteiger partial charge >= 0.3 is 0 Å². The van der Waals surface area contributed by atoms with Crippen molar-refractivity contribution in [1.82, 2.24) is 10.2 Å². The Bertz CT molecular complexity index is 371. The number of hydrogen-bond acceptors (Lipinski definition) is 3. The minimum Gasteiger partial charge on any atom is -0.508 e. The number of phenolic OH excluding ortho intramolecular Hbond substituents is 1. The van der Waals surface area contributed by atoms with Crippen molar-refractivity contribution in [2.24, 2.45) is 5.92 Å². The molecule has 1 aliphatic rings. The lowest BCUT2D eigenvalue weighted by Crippen LogP contribution is -2.34. The highest BCUT2D eigenvalue weighted by Crippen LogP contribution is 2.26. The summed E-state index contributed by atoms with van der Waals surface area (Å²) in [6, 6.07) is 5.29. The van der Waals surface area contributed by atoms with Gasteiger partial charge in [0.25, 0.3) is 0 Å². The van der Waals surface area contributed by atoms with Crippen LogP contribution in [0.2, 0.25) is 5.02 Å². The fourth-order valence-corrected chi connectivity index (χ4v) is 2.77. The molecule has 1 aliphatic heterocycles.